The maximum absolute atomic E-state index is 10.7. The van der Waals surface area contributed by atoms with Gasteiger partial charge in [0.1, 0.15) is 0 Å². The highest BCUT2D eigenvalue weighted by molar-refractivity contribution is 9.10. The second kappa shape index (κ2) is 5.01. The van der Waals surface area contributed by atoms with Crippen LogP contribution in [0.25, 0.3) is 0 Å². The first kappa shape index (κ1) is 11.7. The molecule has 6 heteroatoms. The molecule has 2 rings (SSSR count). The second-order valence-corrected chi connectivity index (χ2v) is 4.35. The first-order valence-electron chi connectivity index (χ1n) is 4.96. The molecule has 5 nitrogen and oxygen atoms in total. The average molecular weight is 296 g/mol. The monoisotopic (exact) mass is 295 g/mol. The quantitative estimate of drug-likeness (QED) is 0.671. The highest BCUT2D eigenvalue weighted by atomic mass is 79.9. The molecule has 88 valence electrons. The van der Waals surface area contributed by atoms with Gasteiger partial charge in [0.15, 0.2) is 0 Å². The van der Waals surface area contributed by atoms with Crippen molar-refractivity contribution in [1.29, 1.82) is 0 Å². The summed E-state index contributed by atoms with van der Waals surface area (Å²) in [6, 6.07) is 6.92. The van der Waals surface area contributed by atoms with Gasteiger partial charge in [-0.1, -0.05) is 0 Å². The van der Waals surface area contributed by atoms with E-state index in [2.05, 4.69) is 26.2 Å². The number of nitro groups is 1. The van der Waals surface area contributed by atoms with Crippen LogP contribution in [0.4, 0.5) is 11.4 Å². The molecule has 0 spiro atoms. The topological polar surface area (TPSA) is 71.0 Å². The third-order valence-electron chi connectivity index (χ3n) is 2.30. The molecular formula is C11H10BrN3O2. The van der Waals surface area contributed by atoms with Gasteiger partial charge in [-0.15, -0.1) is 0 Å². The average Bonchev–Trinajstić information content (AvgIpc) is 2.80. The summed E-state index contributed by atoms with van der Waals surface area (Å²) in [4.78, 5) is 13.3. The van der Waals surface area contributed by atoms with Gasteiger partial charge in [-0.3, -0.25) is 10.1 Å². The Labute approximate surface area is 106 Å². The predicted octanol–water partition coefficient (Wildman–Crippen LogP) is 3.30. The molecule has 0 aliphatic heterocycles. The van der Waals surface area contributed by atoms with E-state index >= 15 is 0 Å². The largest absolute Gasteiger partial charge is 0.381 e. The van der Waals surface area contributed by atoms with Crippen LogP contribution < -0.4 is 5.32 Å². The highest BCUT2D eigenvalue weighted by Crippen LogP contribution is 2.27. The highest BCUT2D eigenvalue weighted by Gasteiger charge is 2.11. The SMILES string of the molecule is O=[N+]([O-])c1cc(NCc2cc[nH]c2)ccc1Br. The number of hydrogen-bond acceptors (Lipinski definition) is 3. The number of halogens is 1. The number of nitrogens with one attached hydrogen (secondary N) is 2. The lowest BCUT2D eigenvalue weighted by atomic mass is 10.2. The van der Waals surface area contributed by atoms with E-state index in [4.69, 9.17) is 0 Å². The second-order valence-electron chi connectivity index (χ2n) is 3.50. The van der Waals surface area contributed by atoms with Gasteiger partial charge in [0.25, 0.3) is 5.69 Å². The molecule has 0 amide bonds. The minimum atomic E-state index is -0.411. The molecule has 0 fully saturated rings. The van der Waals surface area contributed by atoms with Crippen molar-refractivity contribution in [2.45, 2.75) is 6.54 Å². The van der Waals surface area contributed by atoms with Gasteiger partial charge in [-0.25, -0.2) is 0 Å². The molecule has 0 saturated carbocycles. The summed E-state index contributed by atoms with van der Waals surface area (Å²) >= 11 is 3.15. The van der Waals surface area contributed by atoms with Crippen LogP contribution in [0.15, 0.2) is 41.1 Å². The molecule has 0 radical (unpaired) electrons. The number of nitro benzene ring substituents is 1. The minimum Gasteiger partial charge on any atom is -0.381 e. The van der Waals surface area contributed by atoms with Crippen LogP contribution >= 0.6 is 15.9 Å². The maximum atomic E-state index is 10.7. The molecule has 0 bridgehead atoms. The summed E-state index contributed by atoms with van der Waals surface area (Å²) in [5, 5.41) is 13.9. The lowest BCUT2D eigenvalue weighted by Gasteiger charge is -2.05. The number of rotatable bonds is 4. The van der Waals surface area contributed by atoms with E-state index in [0.29, 0.717) is 11.0 Å². The number of anilines is 1. The van der Waals surface area contributed by atoms with Crippen molar-refractivity contribution in [3.05, 3.63) is 56.8 Å². The summed E-state index contributed by atoms with van der Waals surface area (Å²) in [6.45, 7) is 0.627. The van der Waals surface area contributed by atoms with Gasteiger partial charge < -0.3 is 10.3 Å². The maximum Gasteiger partial charge on any atom is 0.285 e. The Kier molecular flexibility index (Phi) is 3.43. The standard InChI is InChI=1S/C11H10BrN3O2/c12-10-2-1-9(5-11(10)15(16)17)14-7-8-3-4-13-6-8/h1-6,13-14H,7H2. The molecule has 1 heterocycles. The predicted molar refractivity (Wildman–Crippen MR) is 68.9 cm³/mol. The molecule has 0 aliphatic rings. The molecule has 2 N–H and O–H groups in total. The van der Waals surface area contributed by atoms with E-state index in [1.165, 1.54) is 6.07 Å². The van der Waals surface area contributed by atoms with E-state index in [1.54, 1.807) is 12.1 Å². The summed E-state index contributed by atoms with van der Waals surface area (Å²) in [6.07, 6.45) is 3.71. The molecule has 0 aliphatic carbocycles. The lowest BCUT2D eigenvalue weighted by Crippen LogP contribution is -1.99. The van der Waals surface area contributed by atoms with E-state index in [-0.39, 0.29) is 5.69 Å². The first-order valence-corrected chi connectivity index (χ1v) is 5.75. The van der Waals surface area contributed by atoms with E-state index in [1.807, 2.05) is 18.5 Å². The molecule has 1 aromatic carbocycles. The van der Waals surface area contributed by atoms with Crippen LogP contribution in [0.5, 0.6) is 0 Å². The lowest BCUT2D eigenvalue weighted by molar-refractivity contribution is -0.385. The van der Waals surface area contributed by atoms with Gasteiger partial charge in [0, 0.05) is 30.7 Å². The Morgan fingerprint density at radius 3 is 2.88 bits per heavy atom. The molecule has 2 aromatic rings. The van der Waals surface area contributed by atoms with Crippen molar-refractivity contribution >= 4 is 27.3 Å². The summed E-state index contributed by atoms with van der Waals surface area (Å²) < 4.78 is 0.481. The van der Waals surface area contributed by atoms with E-state index in [0.717, 1.165) is 11.3 Å². The van der Waals surface area contributed by atoms with Gasteiger partial charge in [0.2, 0.25) is 0 Å². The van der Waals surface area contributed by atoms with Crippen LogP contribution in [0, 0.1) is 10.1 Å². The summed E-state index contributed by atoms with van der Waals surface area (Å²) in [5.41, 5.74) is 1.88. The normalized spacial score (nSPS) is 10.2. The van der Waals surface area contributed by atoms with E-state index < -0.39 is 4.92 Å². The van der Waals surface area contributed by atoms with Crippen molar-refractivity contribution in [2.75, 3.05) is 5.32 Å². The Morgan fingerprint density at radius 1 is 1.41 bits per heavy atom. The molecular weight excluding hydrogens is 286 g/mol. The third kappa shape index (κ3) is 2.85. The van der Waals surface area contributed by atoms with Crippen molar-refractivity contribution in [3.63, 3.8) is 0 Å². The Bertz CT molecular complexity index is 526. The van der Waals surface area contributed by atoms with Crippen molar-refractivity contribution in [2.24, 2.45) is 0 Å². The van der Waals surface area contributed by atoms with Crippen LogP contribution in [-0.4, -0.2) is 9.91 Å². The van der Waals surface area contributed by atoms with Crippen LogP contribution in [0.3, 0.4) is 0 Å². The molecule has 0 unspecified atom stereocenters. The number of nitrogens with zero attached hydrogens (tertiary/aromatic N) is 1. The molecule has 17 heavy (non-hydrogen) atoms. The van der Waals surface area contributed by atoms with Gasteiger partial charge >= 0.3 is 0 Å². The zero-order chi connectivity index (χ0) is 12.3. The first-order chi connectivity index (χ1) is 8.16. The minimum absolute atomic E-state index is 0.0593. The van der Waals surface area contributed by atoms with Crippen molar-refractivity contribution in [3.8, 4) is 0 Å². The van der Waals surface area contributed by atoms with Crippen LogP contribution in [0.2, 0.25) is 0 Å². The number of benzene rings is 1. The zero-order valence-corrected chi connectivity index (χ0v) is 10.4. The zero-order valence-electron chi connectivity index (χ0n) is 8.81. The number of H-pyrrole nitrogens is 1. The van der Waals surface area contributed by atoms with Gasteiger partial charge in [0.05, 0.1) is 9.40 Å². The molecule has 1 aromatic heterocycles. The smallest absolute Gasteiger partial charge is 0.285 e. The van der Waals surface area contributed by atoms with Crippen molar-refractivity contribution in [1.82, 2.24) is 4.98 Å². The fourth-order valence-corrected chi connectivity index (χ4v) is 1.83. The van der Waals surface area contributed by atoms with Crippen LogP contribution in [0.1, 0.15) is 5.56 Å². The Hall–Kier alpha value is -1.82. The number of hydrogen-bond donors (Lipinski definition) is 2. The Balaban J connectivity index is 2.11. The molecule has 0 atom stereocenters. The number of aromatic amines is 1. The van der Waals surface area contributed by atoms with E-state index in [9.17, 15) is 10.1 Å². The summed E-state index contributed by atoms with van der Waals surface area (Å²) in [5.74, 6) is 0. The molecule has 0 saturated heterocycles. The fraction of sp³-hybridized carbons (Fsp3) is 0.0909. The van der Waals surface area contributed by atoms with Gasteiger partial charge in [-0.2, -0.15) is 0 Å². The van der Waals surface area contributed by atoms with Crippen LogP contribution in [-0.2, 0) is 6.54 Å². The fourth-order valence-electron chi connectivity index (χ4n) is 1.44. The van der Waals surface area contributed by atoms with Crippen molar-refractivity contribution < 1.29 is 4.92 Å². The third-order valence-corrected chi connectivity index (χ3v) is 2.97. The van der Waals surface area contributed by atoms with Gasteiger partial charge in [-0.05, 0) is 39.7 Å². The summed E-state index contributed by atoms with van der Waals surface area (Å²) in [7, 11) is 0. The number of aromatic nitrogens is 1. The Morgan fingerprint density at radius 2 is 2.24 bits per heavy atom.